The van der Waals surface area contributed by atoms with Crippen LogP contribution in [0.25, 0.3) is 0 Å². The molecule has 0 spiro atoms. The van der Waals surface area contributed by atoms with E-state index < -0.39 is 0 Å². The average molecular weight is 487 g/mol. The Morgan fingerprint density at radius 3 is 2.81 bits per heavy atom. The molecule has 1 saturated heterocycles. The zero-order valence-electron chi connectivity index (χ0n) is 17.1. The second-order valence-electron chi connectivity index (χ2n) is 6.82. The van der Waals surface area contributed by atoms with Gasteiger partial charge in [0.2, 0.25) is 5.91 Å². The number of thiazole rings is 1. The molecule has 8 nitrogen and oxygen atoms in total. The minimum absolute atomic E-state index is 0.00903. The number of carbonyl (C=O) groups excluding carboxylic acids is 2. The number of nitrogens with one attached hydrogen (secondary N) is 1. The van der Waals surface area contributed by atoms with Gasteiger partial charge in [0.1, 0.15) is 5.69 Å². The van der Waals surface area contributed by atoms with E-state index in [2.05, 4.69) is 10.3 Å². The summed E-state index contributed by atoms with van der Waals surface area (Å²) >= 11 is 13.5. The summed E-state index contributed by atoms with van der Waals surface area (Å²) in [6.45, 7) is 3.28. The van der Waals surface area contributed by atoms with Crippen molar-refractivity contribution >= 4 is 57.2 Å². The Morgan fingerprint density at radius 2 is 2.06 bits per heavy atom. The SMILES string of the molecule is COCCN(CCC(=O)N1CCOCC1)C(=O)c1csc(Nc2cc(Cl)ccc2Cl)n1. The molecule has 1 aromatic heterocycles. The Hall–Kier alpha value is -1.91. The van der Waals surface area contributed by atoms with E-state index in [4.69, 9.17) is 32.7 Å². The molecule has 0 saturated carbocycles. The van der Waals surface area contributed by atoms with Crippen molar-refractivity contribution in [2.45, 2.75) is 6.42 Å². The molecule has 2 aromatic rings. The van der Waals surface area contributed by atoms with Crippen molar-refractivity contribution in [2.24, 2.45) is 0 Å². The van der Waals surface area contributed by atoms with Crippen molar-refractivity contribution in [2.75, 3.05) is 58.4 Å². The van der Waals surface area contributed by atoms with Crippen molar-refractivity contribution in [1.29, 1.82) is 0 Å². The molecule has 11 heteroatoms. The highest BCUT2D eigenvalue weighted by molar-refractivity contribution is 7.14. The third-order valence-electron chi connectivity index (χ3n) is 4.71. The molecule has 0 atom stereocenters. The van der Waals surface area contributed by atoms with Gasteiger partial charge in [-0.1, -0.05) is 23.2 Å². The summed E-state index contributed by atoms with van der Waals surface area (Å²) in [6, 6.07) is 5.07. The molecular formula is C20H24Cl2N4O4S. The standard InChI is InChI=1S/C20H24Cl2N4O4S/c1-29-9-6-26(5-4-18(27)25-7-10-30-11-8-25)19(28)17-13-31-20(24-17)23-16-12-14(21)2-3-15(16)22/h2-3,12-13H,4-11H2,1H3,(H,23,24). The first-order valence-corrected chi connectivity index (χ1v) is 11.4. The lowest BCUT2D eigenvalue weighted by Crippen LogP contribution is -2.43. The van der Waals surface area contributed by atoms with Crippen LogP contribution in [-0.2, 0) is 14.3 Å². The number of amides is 2. The Bertz CT molecular complexity index is 905. The van der Waals surface area contributed by atoms with Crippen LogP contribution in [0.4, 0.5) is 10.8 Å². The Morgan fingerprint density at radius 1 is 1.29 bits per heavy atom. The quantitative estimate of drug-likeness (QED) is 0.583. The third kappa shape index (κ3) is 6.78. The number of hydrogen-bond donors (Lipinski definition) is 1. The lowest BCUT2D eigenvalue weighted by Gasteiger charge is -2.28. The molecule has 31 heavy (non-hydrogen) atoms. The zero-order chi connectivity index (χ0) is 22.2. The molecular weight excluding hydrogens is 463 g/mol. The summed E-state index contributed by atoms with van der Waals surface area (Å²) in [7, 11) is 1.57. The van der Waals surface area contributed by atoms with E-state index in [0.717, 1.165) is 0 Å². The molecule has 0 aliphatic carbocycles. The van der Waals surface area contributed by atoms with Crippen LogP contribution in [0.3, 0.4) is 0 Å². The second kappa shape index (κ2) is 11.6. The predicted octanol–water partition coefficient (Wildman–Crippen LogP) is 3.53. The topological polar surface area (TPSA) is 84.0 Å². The van der Waals surface area contributed by atoms with E-state index in [1.807, 2.05) is 0 Å². The maximum absolute atomic E-state index is 13.0. The van der Waals surface area contributed by atoms with Crippen LogP contribution in [0.2, 0.25) is 10.0 Å². The van der Waals surface area contributed by atoms with Gasteiger partial charge in [0.25, 0.3) is 5.91 Å². The summed E-state index contributed by atoms with van der Waals surface area (Å²) in [5.74, 6) is -0.247. The maximum atomic E-state index is 13.0. The normalized spacial score (nSPS) is 13.8. The lowest BCUT2D eigenvalue weighted by atomic mass is 10.3. The van der Waals surface area contributed by atoms with Crippen LogP contribution in [0, 0.1) is 0 Å². The fourth-order valence-corrected chi connectivity index (χ4v) is 4.05. The largest absolute Gasteiger partial charge is 0.383 e. The van der Waals surface area contributed by atoms with Gasteiger partial charge in [0.15, 0.2) is 5.13 Å². The van der Waals surface area contributed by atoms with Crippen molar-refractivity contribution in [1.82, 2.24) is 14.8 Å². The van der Waals surface area contributed by atoms with E-state index in [1.54, 1.807) is 40.5 Å². The Labute approximate surface area is 195 Å². The number of morpholine rings is 1. The summed E-state index contributed by atoms with van der Waals surface area (Å²) in [6.07, 6.45) is 0.239. The second-order valence-corrected chi connectivity index (χ2v) is 8.52. The van der Waals surface area contributed by atoms with Gasteiger partial charge in [-0.25, -0.2) is 4.98 Å². The zero-order valence-corrected chi connectivity index (χ0v) is 19.4. The Kier molecular flexibility index (Phi) is 8.91. The van der Waals surface area contributed by atoms with Crippen LogP contribution in [-0.4, -0.2) is 79.7 Å². The number of carbonyl (C=O) groups is 2. The summed E-state index contributed by atoms with van der Waals surface area (Å²) in [5.41, 5.74) is 0.899. The number of rotatable bonds is 9. The van der Waals surface area contributed by atoms with Crippen LogP contribution < -0.4 is 5.32 Å². The Balaban J connectivity index is 1.64. The van der Waals surface area contributed by atoms with Crippen LogP contribution in [0.5, 0.6) is 0 Å². The molecule has 0 unspecified atom stereocenters. The number of anilines is 2. The average Bonchev–Trinajstić information content (AvgIpc) is 3.25. The minimum Gasteiger partial charge on any atom is -0.383 e. The highest BCUT2D eigenvalue weighted by Crippen LogP contribution is 2.30. The fraction of sp³-hybridized carbons (Fsp3) is 0.450. The highest BCUT2D eigenvalue weighted by Gasteiger charge is 2.22. The van der Waals surface area contributed by atoms with Gasteiger partial charge in [-0.15, -0.1) is 11.3 Å². The molecule has 0 radical (unpaired) electrons. The smallest absolute Gasteiger partial charge is 0.273 e. The van der Waals surface area contributed by atoms with Gasteiger partial charge < -0.3 is 24.6 Å². The number of methoxy groups -OCH3 is 1. The first kappa shape index (κ1) is 23.7. The summed E-state index contributed by atoms with van der Waals surface area (Å²) in [4.78, 5) is 33.2. The van der Waals surface area contributed by atoms with Gasteiger partial charge in [-0.2, -0.15) is 0 Å². The van der Waals surface area contributed by atoms with Crippen LogP contribution in [0.1, 0.15) is 16.9 Å². The monoisotopic (exact) mass is 486 g/mol. The molecule has 1 aromatic carbocycles. The molecule has 1 aliphatic heterocycles. The first-order chi connectivity index (χ1) is 15.0. The summed E-state index contributed by atoms with van der Waals surface area (Å²) in [5, 5.41) is 6.31. The first-order valence-electron chi connectivity index (χ1n) is 9.79. The molecule has 1 aliphatic rings. The van der Waals surface area contributed by atoms with Gasteiger partial charge in [-0.3, -0.25) is 9.59 Å². The molecule has 168 valence electrons. The molecule has 0 bridgehead atoms. The van der Waals surface area contributed by atoms with Crippen molar-refractivity contribution in [3.8, 4) is 0 Å². The number of nitrogens with zero attached hydrogens (tertiary/aromatic N) is 3. The number of hydrogen-bond acceptors (Lipinski definition) is 7. The van der Waals surface area contributed by atoms with E-state index in [0.29, 0.717) is 72.6 Å². The van der Waals surface area contributed by atoms with Gasteiger partial charge in [0.05, 0.1) is 30.5 Å². The van der Waals surface area contributed by atoms with Crippen LogP contribution in [0.15, 0.2) is 23.6 Å². The van der Waals surface area contributed by atoms with Crippen molar-refractivity contribution < 1.29 is 19.1 Å². The minimum atomic E-state index is -0.256. The predicted molar refractivity (Wildman–Crippen MR) is 122 cm³/mol. The van der Waals surface area contributed by atoms with E-state index in [1.165, 1.54) is 11.3 Å². The fourth-order valence-electron chi connectivity index (χ4n) is 3.02. The van der Waals surface area contributed by atoms with Crippen LogP contribution >= 0.6 is 34.5 Å². The van der Waals surface area contributed by atoms with Crippen molar-refractivity contribution in [3.63, 3.8) is 0 Å². The molecule has 2 heterocycles. The third-order valence-corrected chi connectivity index (χ3v) is 6.03. The molecule has 3 rings (SSSR count). The van der Waals surface area contributed by atoms with Gasteiger partial charge in [0, 0.05) is 50.1 Å². The number of ether oxygens (including phenoxy) is 2. The highest BCUT2D eigenvalue weighted by atomic mass is 35.5. The van der Waals surface area contributed by atoms with E-state index >= 15 is 0 Å². The van der Waals surface area contributed by atoms with E-state index in [9.17, 15) is 9.59 Å². The molecule has 1 fully saturated rings. The molecule has 2 amide bonds. The number of aromatic nitrogens is 1. The summed E-state index contributed by atoms with van der Waals surface area (Å²) < 4.78 is 10.4. The van der Waals surface area contributed by atoms with Gasteiger partial charge in [-0.05, 0) is 18.2 Å². The van der Waals surface area contributed by atoms with E-state index in [-0.39, 0.29) is 18.2 Å². The molecule has 1 N–H and O–H groups in total. The van der Waals surface area contributed by atoms with Gasteiger partial charge >= 0.3 is 0 Å². The number of benzene rings is 1. The van der Waals surface area contributed by atoms with Crippen molar-refractivity contribution in [3.05, 3.63) is 39.3 Å². The number of halogens is 2. The lowest BCUT2D eigenvalue weighted by molar-refractivity contribution is -0.135. The maximum Gasteiger partial charge on any atom is 0.273 e.